The van der Waals surface area contributed by atoms with Gasteiger partial charge in [-0.3, -0.25) is 0 Å². The third-order valence-electron chi connectivity index (χ3n) is 1.08. The van der Waals surface area contributed by atoms with Crippen LogP contribution in [0.1, 0.15) is 0 Å². The Bertz CT molecular complexity index is 197. The second kappa shape index (κ2) is 2.99. The summed E-state index contributed by atoms with van der Waals surface area (Å²) in [6.07, 6.45) is 0. The quantitative estimate of drug-likeness (QED) is 0.478. The Hall–Kier alpha value is 0.0800. The van der Waals surface area contributed by atoms with E-state index in [4.69, 9.17) is 34.8 Å². The zero-order valence-electron chi connectivity index (χ0n) is 4.73. The van der Waals surface area contributed by atoms with Crippen molar-refractivity contribution in [3.63, 3.8) is 0 Å². The molecule has 1 aliphatic heterocycles. The number of carbonyl (C=O) groups is 1. The van der Waals surface area contributed by atoms with Crippen molar-refractivity contribution >= 4 is 40.8 Å². The first kappa shape index (κ1) is 8.18. The molecule has 5 heteroatoms. The number of alkyl halides is 2. The third kappa shape index (κ3) is 1.39. The van der Waals surface area contributed by atoms with E-state index in [2.05, 4.69) is 4.74 Å². The van der Waals surface area contributed by atoms with Gasteiger partial charge in [-0.25, -0.2) is 4.79 Å². The molecular formula is C5H3Cl3O2. The fraction of sp³-hybridized carbons (Fsp3) is 0.400. The highest BCUT2D eigenvalue weighted by Crippen LogP contribution is 2.26. The first-order chi connectivity index (χ1) is 4.63. The van der Waals surface area contributed by atoms with Crippen LogP contribution < -0.4 is 0 Å². The topological polar surface area (TPSA) is 26.3 Å². The average molecular weight is 201 g/mol. The van der Waals surface area contributed by atoms with E-state index in [0.29, 0.717) is 5.57 Å². The predicted molar refractivity (Wildman–Crippen MR) is 39.3 cm³/mol. The van der Waals surface area contributed by atoms with Crippen molar-refractivity contribution in [1.29, 1.82) is 0 Å². The number of hydrogen-bond acceptors (Lipinski definition) is 2. The van der Waals surface area contributed by atoms with Crippen molar-refractivity contribution in [2.75, 3.05) is 6.61 Å². The molecule has 0 unspecified atom stereocenters. The van der Waals surface area contributed by atoms with Crippen molar-refractivity contribution in [1.82, 2.24) is 0 Å². The summed E-state index contributed by atoms with van der Waals surface area (Å²) in [6, 6.07) is 0. The summed E-state index contributed by atoms with van der Waals surface area (Å²) in [7, 11) is 0. The lowest BCUT2D eigenvalue weighted by Gasteiger charge is -1.97. The number of ether oxygens (including phenoxy) is 1. The number of cyclic esters (lactones) is 1. The number of rotatable bonds is 1. The Labute approximate surface area is 72.7 Å². The predicted octanol–water partition coefficient (Wildman–Crippen LogP) is 1.84. The minimum absolute atomic E-state index is 0.00926. The minimum Gasteiger partial charge on any atom is -0.457 e. The summed E-state index contributed by atoms with van der Waals surface area (Å²) >= 11 is 16.3. The molecule has 0 aromatic carbocycles. The Morgan fingerprint density at radius 2 is 2.10 bits per heavy atom. The zero-order chi connectivity index (χ0) is 7.72. The van der Waals surface area contributed by atoms with E-state index in [1.165, 1.54) is 0 Å². The smallest absolute Gasteiger partial charge is 0.350 e. The van der Waals surface area contributed by atoms with Crippen molar-refractivity contribution in [3.05, 3.63) is 10.6 Å². The highest BCUT2D eigenvalue weighted by molar-refractivity contribution is 6.49. The van der Waals surface area contributed by atoms with Crippen LogP contribution in [0.15, 0.2) is 10.6 Å². The molecule has 0 fully saturated rings. The molecule has 0 saturated heterocycles. The monoisotopic (exact) mass is 200 g/mol. The van der Waals surface area contributed by atoms with Crippen LogP contribution in [-0.2, 0) is 9.53 Å². The highest BCUT2D eigenvalue weighted by Gasteiger charge is 2.26. The maximum Gasteiger partial charge on any atom is 0.350 e. The van der Waals surface area contributed by atoms with Crippen LogP contribution in [0.3, 0.4) is 0 Å². The number of hydrogen-bond donors (Lipinski definition) is 0. The van der Waals surface area contributed by atoms with E-state index in [9.17, 15) is 4.79 Å². The SMILES string of the molecule is O=C1OCC(C(Cl)Cl)=C1Cl. The van der Waals surface area contributed by atoms with Gasteiger partial charge in [0.05, 0.1) is 0 Å². The molecule has 0 N–H and O–H groups in total. The molecule has 1 heterocycles. The van der Waals surface area contributed by atoms with Crippen LogP contribution in [0.25, 0.3) is 0 Å². The van der Waals surface area contributed by atoms with Gasteiger partial charge in [0, 0.05) is 5.57 Å². The van der Waals surface area contributed by atoms with E-state index >= 15 is 0 Å². The Morgan fingerprint density at radius 3 is 2.30 bits per heavy atom. The van der Waals surface area contributed by atoms with Crippen molar-refractivity contribution in [2.45, 2.75) is 4.84 Å². The van der Waals surface area contributed by atoms with Gasteiger partial charge in [0.15, 0.2) is 0 Å². The summed E-state index contributed by atoms with van der Waals surface area (Å²) in [4.78, 5) is 9.81. The fourth-order valence-electron chi connectivity index (χ4n) is 0.560. The van der Waals surface area contributed by atoms with Gasteiger partial charge in [-0.1, -0.05) is 11.6 Å². The molecule has 2 nitrogen and oxygen atoms in total. The van der Waals surface area contributed by atoms with Crippen LogP contribution in [0.2, 0.25) is 0 Å². The standard InChI is InChI=1S/C5H3Cl3O2/c6-3-2(4(7)8)1-10-5(3)9/h4H,1H2. The van der Waals surface area contributed by atoms with Gasteiger partial charge in [-0.2, -0.15) is 0 Å². The van der Waals surface area contributed by atoms with Crippen LogP contribution in [0.5, 0.6) is 0 Å². The molecule has 0 aromatic rings. The van der Waals surface area contributed by atoms with E-state index in [1.807, 2.05) is 0 Å². The Kier molecular flexibility index (Phi) is 2.45. The highest BCUT2D eigenvalue weighted by atomic mass is 35.5. The van der Waals surface area contributed by atoms with Crippen LogP contribution >= 0.6 is 34.8 Å². The summed E-state index contributed by atoms with van der Waals surface area (Å²) in [5.74, 6) is -0.553. The zero-order valence-corrected chi connectivity index (χ0v) is 7.00. The van der Waals surface area contributed by atoms with Gasteiger partial charge in [-0.05, 0) is 0 Å². The Balaban J connectivity index is 2.85. The fourth-order valence-corrected chi connectivity index (χ4v) is 1.23. The van der Waals surface area contributed by atoms with E-state index in [0.717, 1.165) is 0 Å². The van der Waals surface area contributed by atoms with Gasteiger partial charge >= 0.3 is 5.97 Å². The Morgan fingerprint density at radius 1 is 1.50 bits per heavy atom. The van der Waals surface area contributed by atoms with Gasteiger partial charge in [-0.15, -0.1) is 23.2 Å². The first-order valence-corrected chi connectivity index (χ1v) is 3.72. The van der Waals surface area contributed by atoms with Crippen molar-refractivity contribution in [2.24, 2.45) is 0 Å². The summed E-state index contributed by atoms with van der Waals surface area (Å²) in [5, 5.41) is 0.00926. The van der Waals surface area contributed by atoms with Crippen LogP contribution in [0, 0.1) is 0 Å². The summed E-state index contributed by atoms with van der Waals surface area (Å²) in [6.45, 7) is 0.106. The minimum atomic E-state index is -0.751. The lowest BCUT2D eigenvalue weighted by molar-refractivity contribution is -0.135. The molecule has 1 rings (SSSR count). The molecular weight excluding hydrogens is 198 g/mol. The van der Waals surface area contributed by atoms with Gasteiger partial charge < -0.3 is 4.74 Å². The van der Waals surface area contributed by atoms with Gasteiger partial charge in [0.25, 0.3) is 0 Å². The molecule has 0 amide bonds. The molecule has 0 aliphatic carbocycles. The molecule has 56 valence electrons. The number of halogens is 3. The lowest BCUT2D eigenvalue weighted by Crippen LogP contribution is -1.96. The summed E-state index contributed by atoms with van der Waals surface area (Å²) in [5.41, 5.74) is 0.440. The lowest BCUT2D eigenvalue weighted by atomic mass is 10.3. The molecule has 1 aliphatic rings. The summed E-state index contributed by atoms with van der Waals surface area (Å²) < 4.78 is 4.53. The third-order valence-corrected chi connectivity index (χ3v) is 2.01. The molecule has 0 aromatic heterocycles. The van der Waals surface area contributed by atoms with E-state index in [1.54, 1.807) is 0 Å². The maximum atomic E-state index is 10.6. The second-order valence-electron chi connectivity index (χ2n) is 1.72. The van der Waals surface area contributed by atoms with Gasteiger partial charge in [0.2, 0.25) is 0 Å². The van der Waals surface area contributed by atoms with Crippen LogP contribution in [0.4, 0.5) is 0 Å². The molecule has 0 radical (unpaired) electrons. The van der Waals surface area contributed by atoms with Gasteiger partial charge in [0.1, 0.15) is 16.5 Å². The molecule has 0 bridgehead atoms. The number of esters is 1. The van der Waals surface area contributed by atoms with Crippen molar-refractivity contribution in [3.8, 4) is 0 Å². The second-order valence-corrected chi connectivity index (χ2v) is 3.19. The molecule has 0 saturated carbocycles. The molecule has 0 atom stereocenters. The first-order valence-electron chi connectivity index (χ1n) is 2.46. The average Bonchev–Trinajstić information content (AvgIpc) is 2.14. The van der Waals surface area contributed by atoms with Crippen molar-refractivity contribution < 1.29 is 9.53 Å². The molecule has 10 heavy (non-hydrogen) atoms. The van der Waals surface area contributed by atoms with E-state index in [-0.39, 0.29) is 11.6 Å². The number of carbonyl (C=O) groups excluding carboxylic acids is 1. The molecule has 0 spiro atoms. The normalized spacial score (nSPS) is 18.6. The van der Waals surface area contributed by atoms with Crippen LogP contribution in [-0.4, -0.2) is 17.4 Å². The largest absolute Gasteiger partial charge is 0.457 e. The van der Waals surface area contributed by atoms with E-state index < -0.39 is 10.8 Å². The maximum absolute atomic E-state index is 10.6.